The molecule has 2 heteroatoms. The fourth-order valence-corrected chi connectivity index (χ4v) is 0.938. The normalized spacial score (nSPS) is 24.0. The summed E-state index contributed by atoms with van der Waals surface area (Å²) in [6, 6.07) is 0.231. The van der Waals surface area contributed by atoms with Crippen molar-refractivity contribution in [2.75, 3.05) is 0 Å². The molecule has 0 saturated heterocycles. The van der Waals surface area contributed by atoms with Crippen LogP contribution in [0.25, 0.3) is 0 Å². The molecule has 1 atom stereocenters. The first kappa shape index (κ1) is 6.62. The van der Waals surface area contributed by atoms with E-state index in [2.05, 4.69) is 0 Å². The summed E-state index contributed by atoms with van der Waals surface area (Å²) in [5.74, 6) is 0.727. The van der Waals surface area contributed by atoms with Crippen LogP contribution in [0.15, 0.2) is 11.8 Å². The van der Waals surface area contributed by atoms with Gasteiger partial charge in [-0.05, 0) is 37.5 Å². The molecule has 1 aliphatic rings. The van der Waals surface area contributed by atoms with Gasteiger partial charge in [0, 0.05) is 6.04 Å². The average molecular weight is 126 g/mol. The maximum Gasteiger partial charge on any atom is 0.0296 e. The summed E-state index contributed by atoms with van der Waals surface area (Å²) >= 11 is 0. The molecule has 0 aromatic heterocycles. The van der Waals surface area contributed by atoms with Crippen LogP contribution in [0, 0.1) is 5.92 Å². The molecule has 1 unspecified atom stereocenters. The predicted molar refractivity (Wildman–Crippen MR) is 38.6 cm³/mol. The second-order valence-corrected chi connectivity index (χ2v) is 2.77. The van der Waals surface area contributed by atoms with Crippen LogP contribution in [0.5, 0.6) is 0 Å². The maximum absolute atomic E-state index is 5.78. The topological polar surface area (TPSA) is 52.0 Å². The van der Waals surface area contributed by atoms with Gasteiger partial charge in [0.25, 0.3) is 0 Å². The summed E-state index contributed by atoms with van der Waals surface area (Å²) in [6.07, 6.45) is 4.18. The predicted octanol–water partition coefficient (Wildman–Crippen LogP) is 0.586. The molecule has 0 amide bonds. The second-order valence-electron chi connectivity index (χ2n) is 2.77. The van der Waals surface area contributed by atoms with E-state index in [1.54, 1.807) is 6.20 Å². The third kappa shape index (κ3) is 1.45. The second kappa shape index (κ2) is 2.40. The van der Waals surface area contributed by atoms with Gasteiger partial charge in [-0.25, -0.2) is 0 Å². The summed E-state index contributed by atoms with van der Waals surface area (Å²) in [4.78, 5) is 0. The minimum atomic E-state index is 0.231. The van der Waals surface area contributed by atoms with Crippen molar-refractivity contribution in [1.29, 1.82) is 0 Å². The average Bonchev–Trinajstić information content (AvgIpc) is 2.66. The van der Waals surface area contributed by atoms with E-state index >= 15 is 0 Å². The molecule has 0 aromatic carbocycles. The van der Waals surface area contributed by atoms with Gasteiger partial charge in [-0.15, -0.1) is 0 Å². The lowest BCUT2D eigenvalue weighted by Crippen LogP contribution is -2.24. The molecule has 0 bridgehead atoms. The largest absolute Gasteiger partial charge is 0.405 e. The van der Waals surface area contributed by atoms with Crippen molar-refractivity contribution in [3.63, 3.8) is 0 Å². The van der Waals surface area contributed by atoms with Gasteiger partial charge in [-0.2, -0.15) is 0 Å². The van der Waals surface area contributed by atoms with Gasteiger partial charge in [0.05, 0.1) is 0 Å². The Morgan fingerprint density at radius 3 is 2.56 bits per heavy atom. The van der Waals surface area contributed by atoms with Crippen LogP contribution in [0.3, 0.4) is 0 Å². The highest BCUT2D eigenvalue weighted by Gasteiger charge is 2.28. The minimum absolute atomic E-state index is 0.231. The number of nitrogens with two attached hydrogens (primary N) is 2. The van der Waals surface area contributed by atoms with E-state index in [-0.39, 0.29) is 6.04 Å². The molecular weight excluding hydrogens is 112 g/mol. The molecule has 4 N–H and O–H groups in total. The molecule has 1 fully saturated rings. The lowest BCUT2D eigenvalue weighted by atomic mass is 10.1. The van der Waals surface area contributed by atoms with E-state index < -0.39 is 0 Å². The lowest BCUT2D eigenvalue weighted by molar-refractivity contribution is 0.672. The highest BCUT2D eigenvalue weighted by molar-refractivity contribution is 5.09. The zero-order valence-corrected chi connectivity index (χ0v) is 5.80. The Labute approximate surface area is 55.9 Å². The van der Waals surface area contributed by atoms with Crippen LogP contribution >= 0.6 is 0 Å². The van der Waals surface area contributed by atoms with E-state index in [4.69, 9.17) is 11.5 Å². The molecule has 0 heterocycles. The molecular formula is C7H14N2. The molecule has 0 radical (unpaired) electrons. The summed E-state index contributed by atoms with van der Waals surface area (Å²) in [5, 5.41) is 0. The summed E-state index contributed by atoms with van der Waals surface area (Å²) < 4.78 is 0. The van der Waals surface area contributed by atoms with E-state index in [1.165, 1.54) is 12.8 Å². The molecule has 9 heavy (non-hydrogen) atoms. The highest BCUT2D eigenvalue weighted by Crippen LogP contribution is 2.33. The van der Waals surface area contributed by atoms with E-state index in [0.29, 0.717) is 0 Å². The van der Waals surface area contributed by atoms with E-state index in [0.717, 1.165) is 11.5 Å². The highest BCUT2D eigenvalue weighted by atomic mass is 14.7. The summed E-state index contributed by atoms with van der Waals surface area (Å²) in [6.45, 7) is 1.99. The van der Waals surface area contributed by atoms with Crippen LogP contribution in [0.2, 0.25) is 0 Å². The fourth-order valence-electron chi connectivity index (χ4n) is 0.938. The van der Waals surface area contributed by atoms with Crippen molar-refractivity contribution in [2.45, 2.75) is 25.8 Å². The van der Waals surface area contributed by atoms with E-state index in [9.17, 15) is 0 Å². The van der Waals surface area contributed by atoms with Crippen molar-refractivity contribution < 1.29 is 0 Å². The SMILES string of the molecule is C/C(=C/N)C(N)C1CC1. The van der Waals surface area contributed by atoms with E-state index in [1.807, 2.05) is 6.92 Å². The molecule has 1 saturated carbocycles. The zero-order chi connectivity index (χ0) is 6.85. The van der Waals surface area contributed by atoms with Gasteiger partial charge in [-0.3, -0.25) is 0 Å². The first-order valence-electron chi connectivity index (χ1n) is 3.39. The summed E-state index contributed by atoms with van der Waals surface area (Å²) in [7, 11) is 0. The van der Waals surface area contributed by atoms with Crippen molar-refractivity contribution in [3.05, 3.63) is 11.8 Å². The third-order valence-corrected chi connectivity index (χ3v) is 1.92. The molecule has 1 rings (SSSR count). The Hall–Kier alpha value is -0.500. The van der Waals surface area contributed by atoms with Crippen molar-refractivity contribution in [2.24, 2.45) is 17.4 Å². The third-order valence-electron chi connectivity index (χ3n) is 1.92. The van der Waals surface area contributed by atoms with Gasteiger partial charge in [-0.1, -0.05) is 0 Å². The molecule has 2 nitrogen and oxygen atoms in total. The Kier molecular flexibility index (Phi) is 1.76. The van der Waals surface area contributed by atoms with Gasteiger partial charge in [0.15, 0.2) is 0 Å². The van der Waals surface area contributed by atoms with Crippen molar-refractivity contribution in [3.8, 4) is 0 Å². The van der Waals surface area contributed by atoms with Gasteiger partial charge in [0.2, 0.25) is 0 Å². The Morgan fingerprint density at radius 1 is 1.67 bits per heavy atom. The fraction of sp³-hybridized carbons (Fsp3) is 0.714. The Balaban J connectivity index is 2.40. The van der Waals surface area contributed by atoms with Gasteiger partial charge in [0.1, 0.15) is 0 Å². The standard InChI is InChI=1S/C7H14N2/c1-5(4-8)7(9)6-2-3-6/h4,6-7H,2-3,8-9H2,1H3/b5-4-. The smallest absolute Gasteiger partial charge is 0.0296 e. The van der Waals surface area contributed by atoms with Crippen LogP contribution in [-0.4, -0.2) is 6.04 Å². The lowest BCUT2D eigenvalue weighted by Gasteiger charge is -2.08. The Morgan fingerprint density at radius 2 is 2.22 bits per heavy atom. The quantitative estimate of drug-likeness (QED) is 0.569. The van der Waals surface area contributed by atoms with Crippen molar-refractivity contribution >= 4 is 0 Å². The van der Waals surface area contributed by atoms with Crippen molar-refractivity contribution in [1.82, 2.24) is 0 Å². The first-order valence-corrected chi connectivity index (χ1v) is 3.39. The molecule has 1 aliphatic carbocycles. The number of hydrogen-bond donors (Lipinski definition) is 2. The van der Waals surface area contributed by atoms with Gasteiger partial charge >= 0.3 is 0 Å². The van der Waals surface area contributed by atoms with Crippen LogP contribution in [-0.2, 0) is 0 Å². The molecule has 0 spiro atoms. The maximum atomic E-state index is 5.78. The van der Waals surface area contributed by atoms with Crippen LogP contribution < -0.4 is 11.5 Å². The van der Waals surface area contributed by atoms with Gasteiger partial charge < -0.3 is 11.5 Å². The Bertz CT molecular complexity index is 125. The zero-order valence-electron chi connectivity index (χ0n) is 5.80. The summed E-state index contributed by atoms with van der Waals surface area (Å²) in [5.41, 5.74) is 12.2. The van der Waals surface area contributed by atoms with Crippen LogP contribution in [0.4, 0.5) is 0 Å². The molecule has 0 aliphatic heterocycles. The monoisotopic (exact) mass is 126 g/mol. The minimum Gasteiger partial charge on any atom is -0.405 e. The first-order chi connectivity index (χ1) is 4.25. The molecule has 0 aromatic rings. The number of hydrogen-bond acceptors (Lipinski definition) is 2. The number of rotatable bonds is 2. The molecule has 52 valence electrons. The van der Waals surface area contributed by atoms with Crippen LogP contribution in [0.1, 0.15) is 19.8 Å².